The molecule has 0 spiro atoms. The van der Waals surface area contributed by atoms with Crippen LogP contribution in [0.4, 0.5) is 10.2 Å². The minimum absolute atomic E-state index is 0.237. The molecule has 222 valence electrons. The fourth-order valence-corrected chi connectivity index (χ4v) is 5.74. The van der Waals surface area contributed by atoms with E-state index in [4.69, 9.17) is 24.3 Å². The Bertz CT molecular complexity index is 1410. The number of aromatic nitrogens is 3. The topological polar surface area (TPSA) is 98.4 Å². The summed E-state index contributed by atoms with van der Waals surface area (Å²) in [6.45, 7) is 12.0. The molecule has 1 fully saturated rings. The Kier molecular flexibility index (Phi) is 8.36. The van der Waals surface area contributed by atoms with Gasteiger partial charge in [-0.1, -0.05) is 6.07 Å². The highest BCUT2D eigenvalue weighted by molar-refractivity contribution is 5.78. The minimum atomic E-state index is -1.22. The monoisotopic (exact) mass is 568 g/mol. The number of carboxylic acid groups (broad SMARTS) is 1. The normalized spacial score (nSPS) is 19.1. The van der Waals surface area contributed by atoms with E-state index in [1.54, 1.807) is 16.6 Å². The van der Waals surface area contributed by atoms with Crippen LogP contribution in [-0.4, -0.2) is 56.6 Å². The summed E-state index contributed by atoms with van der Waals surface area (Å²) in [7, 11) is 0. The first-order valence-corrected chi connectivity index (χ1v) is 14.5. The molecule has 0 saturated carbocycles. The molecule has 9 nitrogen and oxygen atoms in total. The summed E-state index contributed by atoms with van der Waals surface area (Å²) in [4.78, 5) is 19.5. The molecule has 0 amide bonds. The maximum absolute atomic E-state index is 14.1. The van der Waals surface area contributed by atoms with Gasteiger partial charge in [-0.05, 0) is 90.0 Å². The van der Waals surface area contributed by atoms with Gasteiger partial charge in [-0.25, -0.2) is 14.2 Å². The smallest absolute Gasteiger partial charge is 0.337 e. The number of fused-ring (bicyclic) bond motifs is 8. The molecule has 10 heteroatoms. The predicted molar refractivity (Wildman–Crippen MR) is 153 cm³/mol. The zero-order valence-corrected chi connectivity index (χ0v) is 24.7. The third kappa shape index (κ3) is 6.71. The zero-order chi connectivity index (χ0) is 29.4. The van der Waals surface area contributed by atoms with Gasteiger partial charge < -0.3 is 24.2 Å². The van der Waals surface area contributed by atoms with Gasteiger partial charge in [0.2, 0.25) is 0 Å². The van der Waals surface area contributed by atoms with Crippen LogP contribution in [0, 0.1) is 12.7 Å². The lowest BCUT2D eigenvalue weighted by Gasteiger charge is -2.41. The first kappa shape index (κ1) is 29.4. The molecule has 1 aromatic carbocycles. The first-order valence-electron chi connectivity index (χ1n) is 14.5. The number of aryl methyl sites for hydroxylation is 2. The average Bonchev–Trinajstić information content (AvgIpc) is 3.29. The average molecular weight is 569 g/mol. The molecule has 4 bridgehead atoms. The maximum atomic E-state index is 14.1. The van der Waals surface area contributed by atoms with Crippen LogP contribution in [0.5, 0.6) is 0 Å². The van der Waals surface area contributed by atoms with Crippen molar-refractivity contribution in [3.63, 3.8) is 0 Å². The van der Waals surface area contributed by atoms with Crippen molar-refractivity contribution in [2.45, 2.75) is 97.2 Å². The lowest BCUT2D eigenvalue weighted by molar-refractivity contribution is -0.160. The summed E-state index contributed by atoms with van der Waals surface area (Å²) in [6, 6.07) is 6.72. The number of anilines is 1. The van der Waals surface area contributed by atoms with Gasteiger partial charge in [0.25, 0.3) is 0 Å². The van der Waals surface area contributed by atoms with Crippen molar-refractivity contribution in [3.8, 4) is 0 Å². The van der Waals surface area contributed by atoms with Crippen molar-refractivity contribution in [2.75, 3.05) is 24.6 Å². The van der Waals surface area contributed by atoms with Crippen molar-refractivity contribution < 1.29 is 28.5 Å². The van der Waals surface area contributed by atoms with Gasteiger partial charge in [0.15, 0.2) is 11.8 Å². The Hall–Kier alpha value is -3.08. The zero-order valence-electron chi connectivity index (χ0n) is 24.7. The number of hydrogen-bond acceptors (Lipinski definition) is 7. The highest BCUT2D eigenvalue weighted by atomic mass is 19.1. The third-order valence-corrected chi connectivity index (χ3v) is 7.90. The molecule has 1 N–H and O–H groups in total. The third-order valence-electron chi connectivity index (χ3n) is 7.90. The van der Waals surface area contributed by atoms with Crippen LogP contribution in [0.2, 0.25) is 0 Å². The molecular weight excluding hydrogens is 527 g/mol. The Labute approximate surface area is 240 Å². The molecule has 3 aliphatic heterocycles. The second-order valence-corrected chi connectivity index (χ2v) is 12.4. The number of hydrogen-bond donors (Lipinski definition) is 1. The van der Waals surface area contributed by atoms with Gasteiger partial charge >= 0.3 is 5.97 Å². The lowest BCUT2D eigenvalue weighted by atomic mass is 9.92. The number of ether oxygens (including phenoxy) is 3. The van der Waals surface area contributed by atoms with Gasteiger partial charge in [0.05, 0.1) is 35.7 Å². The summed E-state index contributed by atoms with van der Waals surface area (Å²) < 4.78 is 34.4. The van der Waals surface area contributed by atoms with E-state index in [1.165, 1.54) is 6.07 Å². The number of aliphatic carboxylic acids is 1. The Morgan fingerprint density at radius 2 is 1.90 bits per heavy atom. The van der Waals surface area contributed by atoms with E-state index in [0.717, 1.165) is 43.2 Å². The number of nitrogens with zero attached hydrogens (tertiary/aromatic N) is 4. The summed E-state index contributed by atoms with van der Waals surface area (Å²) >= 11 is 0. The van der Waals surface area contributed by atoms with Crippen LogP contribution < -0.4 is 4.90 Å². The Morgan fingerprint density at radius 1 is 1.15 bits per heavy atom. The van der Waals surface area contributed by atoms with E-state index < -0.39 is 17.7 Å². The Balaban J connectivity index is 1.58. The fourth-order valence-electron chi connectivity index (χ4n) is 5.74. The molecule has 0 radical (unpaired) electrons. The van der Waals surface area contributed by atoms with Crippen LogP contribution in [0.15, 0.2) is 24.3 Å². The lowest BCUT2D eigenvalue weighted by Crippen LogP contribution is -2.46. The highest BCUT2D eigenvalue weighted by Gasteiger charge is 2.37. The number of carbonyl (C=O) groups is 1. The second-order valence-electron chi connectivity index (χ2n) is 12.4. The molecule has 3 aromatic rings. The quantitative estimate of drug-likeness (QED) is 0.440. The maximum Gasteiger partial charge on any atom is 0.337 e. The van der Waals surface area contributed by atoms with E-state index in [9.17, 15) is 14.3 Å². The number of carboxylic acids is 1. The molecule has 5 heterocycles. The van der Waals surface area contributed by atoms with Crippen molar-refractivity contribution in [1.82, 2.24) is 14.6 Å². The molecule has 6 rings (SSSR count). The van der Waals surface area contributed by atoms with Crippen molar-refractivity contribution >= 4 is 17.4 Å². The van der Waals surface area contributed by atoms with Crippen LogP contribution in [-0.2, 0) is 38.6 Å². The summed E-state index contributed by atoms with van der Waals surface area (Å²) in [5.41, 5.74) is 3.30. The molecule has 3 aliphatic rings. The van der Waals surface area contributed by atoms with Crippen molar-refractivity contribution in [3.05, 3.63) is 58.2 Å². The summed E-state index contributed by atoms with van der Waals surface area (Å²) in [5.74, 6) is -0.642. The van der Waals surface area contributed by atoms with Gasteiger partial charge in [0, 0.05) is 31.5 Å². The number of piperidine rings is 1. The van der Waals surface area contributed by atoms with Crippen LogP contribution in [0.1, 0.15) is 87.6 Å². The van der Waals surface area contributed by atoms with Gasteiger partial charge in [-0.15, -0.1) is 0 Å². The predicted octanol–water partition coefficient (Wildman–Crippen LogP) is 5.55. The molecule has 41 heavy (non-hydrogen) atoms. The number of rotatable bonds is 3. The van der Waals surface area contributed by atoms with E-state index in [-0.39, 0.29) is 18.0 Å². The molecule has 1 atom stereocenters. The minimum Gasteiger partial charge on any atom is -0.479 e. The summed E-state index contributed by atoms with van der Waals surface area (Å²) in [5, 5.41) is 15.1. The van der Waals surface area contributed by atoms with Gasteiger partial charge in [-0.3, -0.25) is 0 Å². The molecular formula is C31H41FN4O5. The highest BCUT2D eigenvalue weighted by Crippen LogP contribution is 2.38. The second kappa shape index (κ2) is 11.7. The SMILES string of the molecule is Cc1nc2cc3nn2c(c1[C@H](OC(C)(C)C)C(=O)O)N1CCC(C)(CC1)OCCCCc1cc(F)ccc1COC3. The van der Waals surface area contributed by atoms with Crippen molar-refractivity contribution in [1.29, 1.82) is 0 Å². The summed E-state index contributed by atoms with van der Waals surface area (Å²) in [6.07, 6.45) is 2.87. The fraction of sp³-hybridized carbons (Fsp3) is 0.581. The molecule has 0 aliphatic carbocycles. The molecule has 1 saturated heterocycles. The Morgan fingerprint density at radius 3 is 2.61 bits per heavy atom. The van der Waals surface area contributed by atoms with E-state index >= 15 is 0 Å². The van der Waals surface area contributed by atoms with E-state index in [2.05, 4.69) is 11.8 Å². The molecule has 0 unspecified atom stereocenters. The van der Waals surface area contributed by atoms with Crippen LogP contribution in [0.25, 0.3) is 5.65 Å². The van der Waals surface area contributed by atoms with Gasteiger partial charge in [0.1, 0.15) is 11.6 Å². The van der Waals surface area contributed by atoms with E-state index in [1.807, 2.05) is 33.8 Å². The van der Waals surface area contributed by atoms with Crippen LogP contribution in [0.3, 0.4) is 0 Å². The van der Waals surface area contributed by atoms with E-state index in [0.29, 0.717) is 54.7 Å². The first-order chi connectivity index (χ1) is 19.4. The largest absolute Gasteiger partial charge is 0.479 e. The number of halogens is 1. The standard InChI is InChI=1S/C31H41FN4O5/c1-20-26(27(29(37)38)41-30(2,3)4)28-35-13-11-31(5,12-14-35)40-15-7-6-8-21-16-23(32)10-9-22(21)18-39-19-24-17-25(33-20)36(28)34-24/h9-10,16-17,27H,6-8,11-15,18-19H2,1-5H3,(H,37,38)/t27-/m0/s1. The van der Waals surface area contributed by atoms with Crippen molar-refractivity contribution in [2.24, 2.45) is 0 Å². The van der Waals surface area contributed by atoms with Gasteiger partial charge in [-0.2, -0.15) is 9.61 Å². The molecule has 2 aromatic heterocycles. The van der Waals surface area contributed by atoms with Crippen LogP contribution >= 0.6 is 0 Å². The number of benzene rings is 1.